The van der Waals surface area contributed by atoms with E-state index in [9.17, 15) is 14.0 Å². The van der Waals surface area contributed by atoms with Crippen LogP contribution in [0.4, 0.5) is 10.1 Å². The zero-order valence-electron chi connectivity index (χ0n) is 11.5. The topological polar surface area (TPSA) is 72.2 Å². The van der Waals surface area contributed by atoms with E-state index in [-0.39, 0.29) is 12.0 Å². The number of amides is 2. The monoisotopic (exact) mass is 286 g/mol. The molecule has 21 heavy (non-hydrogen) atoms. The Balaban J connectivity index is 2.25. The van der Waals surface area contributed by atoms with E-state index in [1.165, 1.54) is 12.1 Å². The van der Waals surface area contributed by atoms with Crippen LogP contribution < -0.4 is 11.1 Å². The van der Waals surface area contributed by atoms with Gasteiger partial charge in [0.2, 0.25) is 5.91 Å². The first-order valence-electron chi connectivity index (χ1n) is 6.41. The molecule has 0 bridgehead atoms. The Kier molecular flexibility index (Phi) is 4.33. The molecule has 0 saturated carbocycles. The number of anilines is 1. The van der Waals surface area contributed by atoms with Crippen LogP contribution in [0.1, 0.15) is 21.5 Å². The molecule has 0 aliphatic carbocycles. The van der Waals surface area contributed by atoms with Crippen molar-refractivity contribution in [3.8, 4) is 0 Å². The third-order valence-corrected chi connectivity index (χ3v) is 3.00. The number of carbonyl (C=O) groups excluding carboxylic acids is 2. The summed E-state index contributed by atoms with van der Waals surface area (Å²) in [6.07, 6.45) is 0.00678. The van der Waals surface area contributed by atoms with E-state index in [0.29, 0.717) is 11.3 Å². The summed E-state index contributed by atoms with van der Waals surface area (Å²) in [6, 6.07) is 11.2. The molecule has 0 atom stereocenters. The van der Waals surface area contributed by atoms with Crippen LogP contribution in [-0.4, -0.2) is 11.8 Å². The fourth-order valence-electron chi connectivity index (χ4n) is 1.98. The van der Waals surface area contributed by atoms with Gasteiger partial charge in [-0.25, -0.2) is 4.39 Å². The predicted octanol–water partition coefficient (Wildman–Crippen LogP) is 2.41. The summed E-state index contributed by atoms with van der Waals surface area (Å²) >= 11 is 0. The molecule has 0 fully saturated rings. The normalized spacial score (nSPS) is 10.2. The van der Waals surface area contributed by atoms with Gasteiger partial charge in [0, 0.05) is 5.69 Å². The fourth-order valence-corrected chi connectivity index (χ4v) is 1.98. The lowest BCUT2D eigenvalue weighted by Gasteiger charge is -2.10. The second kappa shape index (κ2) is 6.17. The van der Waals surface area contributed by atoms with Crippen LogP contribution in [-0.2, 0) is 11.2 Å². The zero-order valence-corrected chi connectivity index (χ0v) is 11.5. The highest BCUT2D eigenvalue weighted by Gasteiger charge is 2.14. The van der Waals surface area contributed by atoms with Gasteiger partial charge in [-0.1, -0.05) is 24.3 Å². The molecule has 2 aromatic carbocycles. The minimum Gasteiger partial charge on any atom is -0.369 e. The van der Waals surface area contributed by atoms with Crippen LogP contribution in [0.5, 0.6) is 0 Å². The molecular weight excluding hydrogens is 271 g/mol. The summed E-state index contributed by atoms with van der Waals surface area (Å²) in [7, 11) is 0. The lowest BCUT2D eigenvalue weighted by Crippen LogP contribution is -2.18. The highest BCUT2D eigenvalue weighted by atomic mass is 19.1. The first kappa shape index (κ1) is 14.7. The van der Waals surface area contributed by atoms with Gasteiger partial charge in [0.05, 0.1) is 12.0 Å². The molecule has 0 saturated heterocycles. The number of primary amides is 1. The summed E-state index contributed by atoms with van der Waals surface area (Å²) in [5.74, 6) is -1.65. The fraction of sp³-hybridized carbons (Fsp3) is 0.125. The van der Waals surface area contributed by atoms with Gasteiger partial charge in [-0.05, 0) is 36.2 Å². The van der Waals surface area contributed by atoms with Gasteiger partial charge in [0.15, 0.2) is 0 Å². The lowest BCUT2D eigenvalue weighted by molar-refractivity contribution is -0.117. The van der Waals surface area contributed by atoms with Crippen LogP contribution in [0.3, 0.4) is 0 Å². The van der Waals surface area contributed by atoms with E-state index in [0.717, 1.165) is 5.56 Å². The molecule has 0 unspecified atom stereocenters. The van der Waals surface area contributed by atoms with E-state index >= 15 is 0 Å². The van der Waals surface area contributed by atoms with Gasteiger partial charge in [0.25, 0.3) is 5.91 Å². The predicted molar refractivity (Wildman–Crippen MR) is 78.4 cm³/mol. The highest BCUT2D eigenvalue weighted by molar-refractivity contribution is 6.05. The second-order valence-electron chi connectivity index (χ2n) is 4.74. The third-order valence-electron chi connectivity index (χ3n) is 3.00. The van der Waals surface area contributed by atoms with Crippen LogP contribution in [0.25, 0.3) is 0 Å². The Labute approximate surface area is 121 Å². The van der Waals surface area contributed by atoms with Gasteiger partial charge >= 0.3 is 0 Å². The van der Waals surface area contributed by atoms with Gasteiger partial charge in [-0.15, -0.1) is 0 Å². The molecule has 2 amide bonds. The maximum absolute atomic E-state index is 13.8. The van der Waals surface area contributed by atoms with E-state index in [1.807, 2.05) is 0 Å². The first-order valence-corrected chi connectivity index (χ1v) is 6.41. The van der Waals surface area contributed by atoms with Gasteiger partial charge < -0.3 is 11.1 Å². The number of rotatable bonds is 4. The van der Waals surface area contributed by atoms with Crippen molar-refractivity contribution in [3.05, 3.63) is 65.0 Å². The molecule has 2 rings (SSSR count). The van der Waals surface area contributed by atoms with E-state index in [4.69, 9.17) is 5.73 Å². The molecule has 0 radical (unpaired) electrons. The van der Waals surface area contributed by atoms with Gasteiger partial charge in [-0.3, -0.25) is 9.59 Å². The highest BCUT2D eigenvalue weighted by Crippen LogP contribution is 2.18. The number of nitrogens with one attached hydrogen (secondary N) is 1. The number of carbonyl (C=O) groups is 2. The Bertz CT molecular complexity index is 698. The molecule has 0 aliphatic rings. The quantitative estimate of drug-likeness (QED) is 0.906. The van der Waals surface area contributed by atoms with Crippen LogP contribution in [0.15, 0.2) is 42.5 Å². The largest absolute Gasteiger partial charge is 0.369 e. The Morgan fingerprint density at radius 1 is 1.19 bits per heavy atom. The molecule has 0 spiro atoms. The van der Waals surface area contributed by atoms with Crippen molar-refractivity contribution in [1.82, 2.24) is 0 Å². The maximum atomic E-state index is 13.8. The molecule has 108 valence electrons. The minimum atomic E-state index is -0.583. The first-order chi connectivity index (χ1) is 9.97. The van der Waals surface area contributed by atoms with Crippen LogP contribution in [0, 0.1) is 12.7 Å². The zero-order chi connectivity index (χ0) is 15.4. The standard InChI is InChI=1S/C16H15FN2O2/c1-10-6-7-12(13(17)8-10)16(21)19-14-5-3-2-4-11(14)9-15(18)20/h2-8H,9H2,1H3,(H2,18,20)(H,19,21). The van der Waals surface area contributed by atoms with Crippen LogP contribution in [0.2, 0.25) is 0 Å². The van der Waals surface area contributed by atoms with Crippen molar-refractivity contribution in [2.75, 3.05) is 5.32 Å². The second-order valence-corrected chi connectivity index (χ2v) is 4.74. The van der Waals surface area contributed by atoms with Crippen molar-refractivity contribution in [3.63, 3.8) is 0 Å². The molecule has 0 aromatic heterocycles. The molecule has 4 nitrogen and oxygen atoms in total. The number of benzene rings is 2. The summed E-state index contributed by atoms with van der Waals surface area (Å²) in [6.45, 7) is 1.74. The molecule has 3 N–H and O–H groups in total. The van der Waals surface area contributed by atoms with Gasteiger partial charge in [-0.2, -0.15) is 0 Å². The Morgan fingerprint density at radius 3 is 2.57 bits per heavy atom. The SMILES string of the molecule is Cc1ccc(C(=O)Nc2ccccc2CC(N)=O)c(F)c1. The van der Waals surface area contributed by atoms with Crippen molar-refractivity contribution < 1.29 is 14.0 Å². The molecule has 0 aliphatic heterocycles. The summed E-state index contributed by atoms with van der Waals surface area (Å²) < 4.78 is 13.8. The number of nitrogens with two attached hydrogens (primary N) is 1. The third kappa shape index (κ3) is 3.66. The molecule has 5 heteroatoms. The van der Waals surface area contributed by atoms with Crippen molar-refractivity contribution in [2.24, 2.45) is 5.73 Å². The summed E-state index contributed by atoms with van der Waals surface area (Å²) in [4.78, 5) is 23.1. The number of hydrogen-bond donors (Lipinski definition) is 2. The minimum absolute atomic E-state index is 0.00678. The van der Waals surface area contributed by atoms with E-state index in [2.05, 4.69) is 5.32 Å². The van der Waals surface area contributed by atoms with E-state index in [1.54, 1.807) is 37.3 Å². The average Bonchev–Trinajstić information content (AvgIpc) is 2.40. The molecule has 0 heterocycles. The Morgan fingerprint density at radius 2 is 1.90 bits per heavy atom. The molecular formula is C16H15FN2O2. The van der Waals surface area contributed by atoms with Crippen molar-refractivity contribution in [1.29, 1.82) is 0 Å². The summed E-state index contributed by atoms with van der Waals surface area (Å²) in [5, 5.41) is 2.61. The number of halogens is 1. The van der Waals surface area contributed by atoms with E-state index < -0.39 is 17.6 Å². The smallest absolute Gasteiger partial charge is 0.258 e. The number of aryl methyl sites for hydroxylation is 1. The van der Waals surface area contributed by atoms with Gasteiger partial charge in [0.1, 0.15) is 5.82 Å². The Hall–Kier alpha value is -2.69. The van der Waals surface area contributed by atoms with Crippen molar-refractivity contribution >= 4 is 17.5 Å². The lowest BCUT2D eigenvalue weighted by atomic mass is 10.1. The number of hydrogen-bond acceptors (Lipinski definition) is 2. The average molecular weight is 286 g/mol. The molecule has 2 aromatic rings. The summed E-state index contributed by atoms with van der Waals surface area (Å²) in [5.41, 5.74) is 6.89. The van der Waals surface area contributed by atoms with Crippen molar-refractivity contribution in [2.45, 2.75) is 13.3 Å². The van der Waals surface area contributed by atoms with Crippen LogP contribution >= 0.6 is 0 Å². The maximum Gasteiger partial charge on any atom is 0.258 e. The number of para-hydroxylation sites is 1.